The van der Waals surface area contributed by atoms with E-state index >= 15 is 0 Å². The minimum absolute atomic E-state index is 0.966. The van der Waals surface area contributed by atoms with E-state index in [2.05, 4.69) is 49.7 Å². The van der Waals surface area contributed by atoms with E-state index in [1.165, 1.54) is 11.2 Å². The van der Waals surface area contributed by atoms with Crippen molar-refractivity contribution in [3.63, 3.8) is 0 Å². The lowest BCUT2D eigenvalue weighted by Crippen LogP contribution is -2.46. The summed E-state index contributed by atoms with van der Waals surface area (Å²) in [5.74, 6) is 0.966. The first-order valence-corrected chi connectivity index (χ1v) is 9.35. The van der Waals surface area contributed by atoms with Gasteiger partial charge >= 0.3 is 0 Å². The molecular weight excluding hydrogens is 324 g/mol. The molecule has 0 radical (unpaired) electrons. The SMILES string of the molecule is COc1ccccc1N1CCN(CCCn2cnc3ccccc32)CC1. The van der Waals surface area contributed by atoms with Crippen molar-refractivity contribution in [3.05, 3.63) is 54.9 Å². The fraction of sp³-hybridized carbons (Fsp3) is 0.381. The standard InChI is InChI=1S/C21H26N4O/c1-26-21-10-5-4-9-20(21)24-15-13-23(14-16-24)11-6-12-25-17-22-18-7-2-3-8-19(18)25/h2-5,7-10,17H,6,11-16H2,1H3. The van der Waals surface area contributed by atoms with Gasteiger partial charge in [0, 0.05) is 32.7 Å². The number of piperazine rings is 1. The van der Waals surface area contributed by atoms with E-state index in [1.54, 1.807) is 7.11 Å². The Bertz CT molecular complexity index is 852. The highest BCUT2D eigenvalue weighted by atomic mass is 16.5. The molecule has 0 atom stereocenters. The molecule has 0 bridgehead atoms. The van der Waals surface area contributed by atoms with Gasteiger partial charge in [-0.2, -0.15) is 0 Å². The van der Waals surface area contributed by atoms with Crippen LogP contribution in [0.3, 0.4) is 0 Å². The van der Waals surface area contributed by atoms with Crippen LogP contribution >= 0.6 is 0 Å². The number of hydrogen-bond donors (Lipinski definition) is 0. The lowest BCUT2D eigenvalue weighted by molar-refractivity contribution is 0.250. The highest BCUT2D eigenvalue weighted by Crippen LogP contribution is 2.28. The Kier molecular flexibility index (Phi) is 5.07. The van der Waals surface area contributed by atoms with Crippen LogP contribution in [0.5, 0.6) is 5.75 Å². The number of methoxy groups -OCH3 is 1. The van der Waals surface area contributed by atoms with E-state index in [0.717, 1.165) is 57.0 Å². The molecule has 0 spiro atoms. The summed E-state index contributed by atoms with van der Waals surface area (Å²) >= 11 is 0. The fourth-order valence-electron chi connectivity index (χ4n) is 3.76. The van der Waals surface area contributed by atoms with Crippen LogP contribution in [0.1, 0.15) is 6.42 Å². The second-order valence-corrected chi connectivity index (χ2v) is 6.78. The smallest absolute Gasteiger partial charge is 0.142 e. The molecule has 0 aliphatic carbocycles. The molecule has 4 rings (SSSR count). The fourth-order valence-corrected chi connectivity index (χ4v) is 3.76. The molecule has 2 aromatic carbocycles. The van der Waals surface area contributed by atoms with Crippen LogP contribution < -0.4 is 9.64 Å². The molecule has 0 amide bonds. The normalized spacial score (nSPS) is 15.5. The van der Waals surface area contributed by atoms with Gasteiger partial charge in [0.05, 0.1) is 30.2 Å². The molecule has 5 heteroatoms. The van der Waals surface area contributed by atoms with Gasteiger partial charge < -0.3 is 14.2 Å². The largest absolute Gasteiger partial charge is 0.495 e. The van der Waals surface area contributed by atoms with Crippen LogP contribution in [0.15, 0.2) is 54.9 Å². The Hall–Kier alpha value is -2.53. The topological polar surface area (TPSA) is 33.5 Å². The molecule has 26 heavy (non-hydrogen) atoms. The van der Waals surface area contributed by atoms with Crippen molar-refractivity contribution in [1.82, 2.24) is 14.5 Å². The number of para-hydroxylation sites is 4. The van der Waals surface area contributed by atoms with Crippen molar-refractivity contribution in [2.75, 3.05) is 44.7 Å². The Morgan fingerprint density at radius 1 is 0.923 bits per heavy atom. The monoisotopic (exact) mass is 350 g/mol. The van der Waals surface area contributed by atoms with Gasteiger partial charge in [0.25, 0.3) is 0 Å². The minimum atomic E-state index is 0.966. The maximum atomic E-state index is 5.50. The first kappa shape index (κ1) is 16.9. The second kappa shape index (κ2) is 7.79. The molecule has 2 heterocycles. The van der Waals surface area contributed by atoms with Crippen LogP contribution in [0.4, 0.5) is 5.69 Å². The van der Waals surface area contributed by atoms with E-state index in [0.29, 0.717) is 0 Å². The summed E-state index contributed by atoms with van der Waals surface area (Å²) in [6.45, 7) is 6.45. The number of aromatic nitrogens is 2. The summed E-state index contributed by atoms with van der Waals surface area (Å²) in [4.78, 5) is 9.46. The van der Waals surface area contributed by atoms with Crippen molar-refractivity contribution in [2.24, 2.45) is 0 Å². The van der Waals surface area contributed by atoms with Crippen molar-refractivity contribution in [2.45, 2.75) is 13.0 Å². The van der Waals surface area contributed by atoms with Crippen LogP contribution in [-0.4, -0.2) is 54.3 Å². The zero-order valence-electron chi connectivity index (χ0n) is 15.3. The number of fused-ring (bicyclic) bond motifs is 1. The Balaban J connectivity index is 1.28. The van der Waals surface area contributed by atoms with Gasteiger partial charge in [0.2, 0.25) is 0 Å². The molecule has 1 fully saturated rings. The molecule has 5 nitrogen and oxygen atoms in total. The number of anilines is 1. The summed E-state index contributed by atoms with van der Waals surface area (Å²) in [6.07, 6.45) is 3.11. The first-order chi connectivity index (χ1) is 12.8. The van der Waals surface area contributed by atoms with E-state index in [1.807, 2.05) is 24.5 Å². The summed E-state index contributed by atoms with van der Waals surface area (Å²) in [5.41, 5.74) is 3.52. The Labute approximate surface area is 154 Å². The van der Waals surface area contributed by atoms with Crippen molar-refractivity contribution >= 4 is 16.7 Å². The van der Waals surface area contributed by atoms with Gasteiger partial charge in [0.1, 0.15) is 5.75 Å². The maximum Gasteiger partial charge on any atom is 0.142 e. The van der Waals surface area contributed by atoms with Gasteiger partial charge in [-0.05, 0) is 37.2 Å². The highest BCUT2D eigenvalue weighted by molar-refractivity contribution is 5.74. The zero-order chi connectivity index (χ0) is 17.8. The number of aryl methyl sites for hydroxylation is 1. The highest BCUT2D eigenvalue weighted by Gasteiger charge is 2.19. The molecule has 0 saturated carbocycles. The molecule has 1 aromatic heterocycles. The van der Waals surface area contributed by atoms with Gasteiger partial charge in [-0.25, -0.2) is 4.98 Å². The molecule has 0 unspecified atom stereocenters. The van der Waals surface area contributed by atoms with Gasteiger partial charge in [-0.3, -0.25) is 4.90 Å². The van der Waals surface area contributed by atoms with E-state index in [-0.39, 0.29) is 0 Å². The maximum absolute atomic E-state index is 5.50. The summed E-state index contributed by atoms with van der Waals surface area (Å²) < 4.78 is 7.77. The third-order valence-corrected chi connectivity index (χ3v) is 5.20. The Morgan fingerprint density at radius 2 is 1.69 bits per heavy atom. The number of nitrogens with zero attached hydrogens (tertiary/aromatic N) is 4. The van der Waals surface area contributed by atoms with Crippen molar-refractivity contribution < 1.29 is 4.74 Å². The number of hydrogen-bond acceptors (Lipinski definition) is 4. The molecule has 0 N–H and O–H groups in total. The minimum Gasteiger partial charge on any atom is -0.495 e. The van der Waals surface area contributed by atoms with Crippen molar-refractivity contribution in [3.8, 4) is 5.75 Å². The number of ether oxygens (including phenoxy) is 1. The lowest BCUT2D eigenvalue weighted by Gasteiger charge is -2.36. The molecule has 136 valence electrons. The average Bonchev–Trinajstić information content (AvgIpc) is 3.12. The third-order valence-electron chi connectivity index (χ3n) is 5.20. The molecule has 1 aliphatic heterocycles. The molecular formula is C21H26N4O. The molecule has 3 aromatic rings. The molecule has 1 saturated heterocycles. The van der Waals surface area contributed by atoms with E-state index < -0.39 is 0 Å². The molecule has 1 aliphatic rings. The number of benzene rings is 2. The van der Waals surface area contributed by atoms with Gasteiger partial charge in [-0.1, -0.05) is 24.3 Å². The average molecular weight is 350 g/mol. The van der Waals surface area contributed by atoms with Crippen LogP contribution in [-0.2, 0) is 6.54 Å². The summed E-state index contributed by atoms with van der Waals surface area (Å²) in [7, 11) is 1.74. The second-order valence-electron chi connectivity index (χ2n) is 6.78. The quantitative estimate of drug-likeness (QED) is 0.683. The predicted octanol–water partition coefficient (Wildman–Crippen LogP) is 3.26. The third kappa shape index (κ3) is 3.53. The van der Waals surface area contributed by atoms with Crippen LogP contribution in [0, 0.1) is 0 Å². The summed E-state index contributed by atoms with van der Waals surface area (Å²) in [6, 6.07) is 16.6. The van der Waals surface area contributed by atoms with E-state index in [4.69, 9.17) is 4.74 Å². The number of imidazole rings is 1. The first-order valence-electron chi connectivity index (χ1n) is 9.35. The zero-order valence-corrected chi connectivity index (χ0v) is 15.3. The predicted molar refractivity (Wildman–Crippen MR) is 106 cm³/mol. The van der Waals surface area contributed by atoms with Gasteiger partial charge in [-0.15, -0.1) is 0 Å². The van der Waals surface area contributed by atoms with Crippen LogP contribution in [0.25, 0.3) is 11.0 Å². The van der Waals surface area contributed by atoms with E-state index in [9.17, 15) is 0 Å². The van der Waals surface area contributed by atoms with Crippen LogP contribution in [0.2, 0.25) is 0 Å². The summed E-state index contributed by atoms with van der Waals surface area (Å²) in [5, 5.41) is 0. The Morgan fingerprint density at radius 3 is 2.54 bits per heavy atom. The van der Waals surface area contributed by atoms with Crippen molar-refractivity contribution in [1.29, 1.82) is 0 Å². The van der Waals surface area contributed by atoms with Gasteiger partial charge in [0.15, 0.2) is 0 Å². The number of rotatable bonds is 6. The lowest BCUT2D eigenvalue weighted by atomic mass is 10.2.